The molecule has 5 rings (SSSR count). The van der Waals surface area contributed by atoms with Crippen molar-refractivity contribution in [3.8, 4) is 5.95 Å². The fourth-order valence-corrected chi connectivity index (χ4v) is 3.28. The summed E-state index contributed by atoms with van der Waals surface area (Å²) in [6, 6.07) is 9.95. The Kier molecular flexibility index (Phi) is 4.03. The number of carbonyl (C=O) groups is 1. The summed E-state index contributed by atoms with van der Waals surface area (Å²) in [7, 11) is 1.66. The van der Waals surface area contributed by atoms with E-state index in [0.29, 0.717) is 27.7 Å². The normalized spacial score (nSPS) is 11.3. The summed E-state index contributed by atoms with van der Waals surface area (Å²) >= 11 is 0. The fourth-order valence-electron chi connectivity index (χ4n) is 3.28. The standard InChI is InChI=1S/C20H15N7O4/c1-10-7-15(22-17(28)12-8-11-5-3-4-6-14(11)31-19(12)30)27(25-10)20-23-16-13(18(29)24-20)9-21-26(16)2/h3-9H,1-2H3,(H,22,28)(H,23,24,29). The molecule has 0 radical (unpaired) electrons. The van der Waals surface area contributed by atoms with Gasteiger partial charge in [0.05, 0.1) is 11.9 Å². The number of aromatic amines is 1. The predicted molar refractivity (Wildman–Crippen MR) is 111 cm³/mol. The molecule has 4 heterocycles. The summed E-state index contributed by atoms with van der Waals surface area (Å²) in [5, 5.41) is 11.9. The number of nitrogens with zero attached hydrogens (tertiary/aromatic N) is 5. The predicted octanol–water partition coefficient (Wildman–Crippen LogP) is 1.51. The Bertz CT molecular complexity index is 1610. The Balaban J connectivity index is 1.57. The number of aromatic nitrogens is 6. The number of nitrogens with one attached hydrogen (secondary N) is 2. The monoisotopic (exact) mass is 417 g/mol. The van der Waals surface area contributed by atoms with Crippen LogP contribution in [0.15, 0.2) is 56.6 Å². The highest BCUT2D eigenvalue weighted by Gasteiger charge is 2.19. The van der Waals surface area contributed by atoms with Crippen LogP contribution in [-0.4, -0.2) is 35.4 Å². The SMILES string of the molecule is Cc1cc(NC(=O)c2cc3ccccc3oc2=O)n(-c2nc3c(cnn3C)c(=O)[nH]2)n1. The van der Waals surface area contributed by atoms with Crippen LogP contribution in [0.1, 0.15) is 16.1 Å². The van der Waals surface area contributed by atoms with Gasteiger partial charge in [-0.05, 0) is 19.1 Å². The Morgan fingerprint density at radius 3 is 2.84 bits per heavy atom. The highest BCUT2D eigenvalue weighted by Crippen LogP contribution is 2.17. The summed E-state index contributed by atoms with van der Waals surface area (Å²) in [6.45, 7) is 1.72. The molecule has 2 N–H and O–H groups in total. The van der Waals surface area contributed by atoms with E-state index in [9.17, 15) is 14.4 Å². The number of hydrogen-bond donors (Lipinski definition) is 2. The number of benzene rings is 1. The molecule has 0 aliphatic heterocycles. The van der Waals surface area contributed by atoms with E-state index in [1.807, 2.05) is 0 Å². The van der Waals surface area contributed by atoms with Crippen LogP contribution in [-0.2, 0) is 7.05 Å². The largest absolute Gasteiger partial charge is 0.422 e. The third-order valence-electron chi connectivity index (χ3n) is 4.75. The van der Waals surface area contributed by atoms with Crippen molar-refractivity contribution < 1.29 is 9.21 Å². The smallest absolute Gasteiger partial charge is 0.349 e. The molecule has 0 unspecified atom stereocenters. The van der Waals surface area contributed by atoms with E-state index in [4.69, 9.17) is 4.42 Å². The molecular weight excluding hydrogens is 402 g/mol. The first-order valence-corrected chi connectivity index (χ1v) is 9.24. The third kappa shape index (κ3) is 3.08. The van der Waals surface area contributed by atoms with Crippen molar-refractivity contribution in [3.05, 3.63) is 74.6 Å². The molecule has 0 saturated heterocycles. The number of anilines is 1. The van der Waals surface area contributed by atoms with Gasteiger partial charge in [0, 0.05) is 18.5 Å². The van der Waals surface area contributed by atoms with E-state index in [-0.39, 0.29) is 17.3 Å². The lowest BCUT2D eigenvalue weighted by molar-refractivity contribution is 0.102. The van der Waals surface area contributed by atoms with Crippen LogP contribution in [0.25, 0.3) is 28.0 Å². The Morgan fingerprint density at radius 1 is 1.19 bits per heavy atom. The first kappa shape index (κ1) is 18.5. The zero-order valence-corrected chi connectivity index (χ0v) is 16.4. The zero-order chi connectivity index (χ0) is 21.7. The lowest BCUT2D eigenvalue weighted by atomic mass is 10.2. The van der Waals surface area contributed by atoms with Crippen LogP contribution in [0.4, 0.5) is 5.82 Å². The maximum absolute atomic E-state index is 12.8. The fraction of sp³-hybridized carbons (Fsp3) is 0.100. The van der Waals surface area contributed by atoms with Crippen molar-refractivity contribution in [1.82, 2.24) is 29.5 Å². The number of amides is 1. The first-order valence-electron chi connectivity index (χ1n) is 9.24. The number of carbonyl (C=O) groups excluding carboxylic acids is 1. The second kappa shape index (κ2) is 6.76. The molecule has 4 aromatic heterocycles. The number of hydrogen-bond acceptors (Lipinski definition) is 7. The molecule has 0 aliphatic rings. The van der Waals surface area contributed by atoms with E-state index in [1.165, 1.54) is 21.6 Å². The Labute approximate surface area is 172 Å². The summed E-state index contributed by atoms with van der Waals surface area (Å²) in [6.07, 6.45) is 1.42. The van der Waals surface area contributed by atoms with Gasteiger partial charge in [-0.25, -0.2) is 4.79 Å². The number of H-pyrrole nitrogens is 1. The van der Waals surface area contributed by atoms with Gasteiger partial charge in [-0.2, -0.15) is 19.9 Å². The number of aryl methyl sites for hydroxylation is 2. The second-order valence-corrected chi connectivity index (χ2v) is 6.92. The molecule has 1 aromatic carbocycles. The summed E-state index contributed by atoms with van der Waals surface area (Å²) in [4.78, 5) is 44.6. The van der Waals surface area contributed by atoms with Gasteiger partial charge in [0.2, 0.25) is 5.95 Å². The Hall–Kier alpha value is -4.54. The first-order chi connectivity index (χ1) is 14.9. The van der Waals surface area contributed by atoms with E-state index in [1.54, 1.807) is 44.3 Å². The number of fused-ring (bicyclic) bond motifs is 2. The minimum atomic E-state index is -0.762. The van der Waals surface area contributed by atoms with E-state index in [2.05, 4.69) is 25.5 Å². The lowest BCUT2D eigenvalue weighted by Crippen LogP contribution is -2.23. The molecule has 0 saturated carbocycles. The van der Waals surface area contributed by atoms with Crippen molar-refractivity contribution in [3.63, 3.8) is 0 Å². The van der Waals surface area contributed by atoms with Crippen molar-refractivity contribution in [1.29, 1.82) is 0 Å². The van der Waals surface area contributed by atoms with E-state index in [0.717, 1.165) is 0 Å². The van der Waals surface area contributed by atoms with Crippen molar-refractivity contribution >= 4 is 33.7 Å². The van der Waals surface area contributed by atoms with Crippen LogP contribution in [0, 0.1) is 6.92 Å². The third-order valence-corrected chi connectivity index (χ3v) is 4.75. The minimum Gasteiger partial charge on any atom is -0.422 e. The lowest BCUT2D eigenvalue weighted by Gasteiger charge is -2.08. The van der Waals surface area contributed by atoms with Crippen molar-refractivity contribution in [2.24, 2.45) is 7.05 Å². The molecule has 0 aliphatic carbocycles. The summed E-state index contributed by atoms with van der Waals surface area (Å²) in [5.74, 6) is -0.362. The van der Waals surface area contributed by atoms with Gasteiger partial charge in [-0.3, -0.25) is 19.3 Å². The van der Waals surface area contributed by atoms with Gasteiger partial charge in [-0.1, -0.05) is 18.2 Å². The minimum absolute atomic E-state index is 0.0926. The second-order valence-electron chi connectivity index (χ2n) is 6.92. The summed E-state index contributed by atoms with van der Waals surface area (Å²) in [5.41, 5.74) is -0.00712. The van der Waals surface area contributed by atoms with Crippen molar-refractivity contribution in [2.75, 3.05) is 5.32 Å². The Morgan fingerprint density at radius 2 is 2.00 bits per heavy atom. The maximum Gasteiger partial charge on any atom is 0.349 e. The molecule has 154 valence electrons. The van der Waals surface area contributed by atoms with Crippen LogP contribution in [0.3, 0.4) is 0 Å². The molecule has 31 heavy (non-hydrogen) atoms. The van der Waals surface area contributed by atoms with Crippen LogP contribution >= 0.6 is 0 Å². The average Bonchev–Trinajstić information content (AvgIpc) is 3.30. The van der Waals surface area contributed by atoms with Gasteiger partial charge in [0.1, 0.15) is 22.4 Å². The molecule has 0 bridgehead atoms. The average molecular weight is 417 g/mol. The van der Waals surface area contributed by atoms with Crippen LogP contribution in [0.2, 0.25) is 0 Å². The van der Waals surface area contributed by atoms with Crippen LogP contribution < -0.4 is 16.5 Å². The molecule has 11 heteroatoms. The highest BCUT2D eigenvalue weighted by molar-refractivity contribution is 6.05. The molecule has 0 atom stereocenters. The molecule has 11 nitrogen and oxygen atoms in total. The number of rotatable bonds is 3. The molecule has 0 fully saturated rings. The topological polar surface area (TPSA) is 141 Å². The van der Waals surface area contributed by atoms with Gasteiger partial charge in [0.15, 0.2) is 5.65 Å². The van der Waals surface area contributed by atoms with Gasteiger partial charge in [-0.15, -0.1) is 0 Å². The van der Waals surface area contributed by atoms with Crippen molar-refractivity contribution in [2.45, 2.75) is 6.92 Å². The van der Waals surface area contributed by atoms with Crippen LogP contribution in [0.5, 0.6) is 0 Å². The number of para-hydroxylation sites is 1. The summed E-state index contributed by atoms with van der Waals surface area (Å²) < 4.78 is 7.97. The molecular formula is C20H15N7O4. The molecule has 0 spiro atoms. The maximum atomic E-state index is 12.8. The molecule has 5 aromatic rings. The van der Waals surface area contributed by atoms with Gasteiger partial charge in [0.25, 0.3) is 11.5 Å². The highest BCUT2D eigenvalue weighted by atomic mass is 16.4. The van der Waals surface area contributed by atoms with E-state index < -0.39 is 17.1 Å². The quantitative estimate of drug-likeness (QED) is 0.424. The van der Waals surface area contributed by atoms with Gasteiger partial charge >= 0.3 is 5.63 Å². The van der Waals surface area contributed by atoms with E-state index >= 15 is 0 Å². The molecule has 1 amide bonds. The zero-order valence-electron chi connectivity index (χ0n) is 16.4. The van der Waals surface area contributed by atoms with Gasteiger partial charge < -0.3 is 9.73 Å².